The van der Waals surface area contributed by atoms with E-state index in [1.54, 1.807) is 0 Å². The van der Waals surface area contributed by atoms with Crippen molar-refractivity contribution in [1.29, 1.82) is 0 Å². The molecule has 0 aromatic rings. The summed E-state index contributed by atoms with van der Waals surface area (Å²) in [6, 6.07) is 0. The molecule has 3 nitrogen and oxygen atoms in total. The Kier molecular flexibility index (Phi) is 3.53. The maximum Gasteiger partial charge on any atom is 0.323 e. The fraction of sp³-hybridized carbons (Fsp3) is 0.909. The lowest BCUT2D eigenvalue weighted by molar-refractivity contribution is -0.151. The number of carboxylic acid groups (broad SMARTS) is 1. The highest BCUT2D eigenvalue weighted by Crippen LogP contribution is 2.38. The summed E-state index contributed by atoms with van der Waals surface area (Å²) < 4.78 is 0. The Morgan fingerprint density at radius 2 is 1.93 bits per heavy atom. The molecule has 0 aromatic carbocycles. The molecule has 82 valence electrons. The highest BCUT2D eigenvalue weighted by molar-refractivity contribution is 5.78. The summed E-state index contributed by atoms with van der Waals surface area (Å²) in [5, 5.41) is 9.30. The molecular weight excluding hydrogens is 178 g/mol. The van der Waals surface area contributed by atoms with Crippen LogP contribution in [0.5, 0.6) is 0 Å². The average Bonchev–Trinajstić information content (AvgIpc) is 2.90. The molecule has 0 amide bonds. The summed E-state index contributed by atoms with van der Waals surface area (Å²) in [6.45, 7) is 7.54. The number of nitrogens with zero attached hydrogens (tertiary/aromatic N) is 1. The van der Waals surface area contributed by atoms with E-state index >= 15 is 0 Å². The summed E-state index contributed by atoms with van der Waals surface area (Å²) in [6.07, 6.45) is 3.23. The molecule has 0 bridgehead atoms. The van der Waals surface area contributed by atoms with Gasteiger partial charge < -0.3 is 5.11 Å². The first-order valence-electron chi connectivity index (χ1n) is 5.53. The molecule has 14 heavy (non-hydrogen) atoms. The van der Waals surface area contributed by atoms with E-state index < -0.39 is 11.5 Å². The molecule has 3 heteroatoms. The largest absolute Gasteiger partial charge is 0.480 e. The number of aliphatic carboxylic acids is 1. The van der Waals surface area contributed by atoms with Crippen molar-refractivity contribution in [3.05, 3.63) is 0 Å². The van der Waals surface area contributed by atoms with Crippen LogP contribution in [0.3, 0.4) is 0 Å². The third kappa shape index (κ3) is 2.27. The van der Waals surface area contributed by atoms with Gasteiger partial charge in [0.25, 0.3) is 0 Å². The van der Waals surface area contributed by atoms with Crippen LogP contribution in [0.2, 0.25) is 0 Å². The molecule has 1 atom stereocenters. The van der Waals surface area contributed by atoms with Crippen molar-refractivity contribution < 1.29 is 9.90 Å². The van der Waals surface area contributed by atoms with E-state index in [0.717, 1.165) is 19.5 Å². The third-order valence-corrected chi connectivity index (χ3v) is 3.31. The van der Waals surface area contributed by atoms with E-state index in [2.05, 4.69) is 0 Å². The van der Waals surface area contributed by atoms with E-state index in [1.807, 2.05) is 25.7 Å². The average molecular weight is 199 g/mol. The van der Waals surface area contributed by atoms with Gasteiger partial charge in [-0.2, -0.15) is 0 Å². The molecule has 1 N–H and O–H groups in total. The minimum atomic E-state index is -0.673. The fourth-order valence-electron chi connectivity index (χ4n) is 2.16. The maximum absolute atomic E-state index is 11.3. The van der Waals surface area contributed by atoms with Gasteiger partial charge in [0.1, 0.15) is 5.54 Å². The Labute approximate surface area is 86.1 Å². The Balaban J connectivity index is 2.71. The topological polar surface area (TPSA) is 40.5 Å². The molecule has 1 fully saturated rings. The molecule has 1 rings (SSSR count). The van der Waals surface area contributed by atoms with Crippen molar-refractivity contribution >= 4 is 5.97 Å². The molecular formula is C11H21NO2. The van der Waals surface area contributed by atoms with Crippen molar-refractivity contribution in [3.63, 3.8) is 0 Å². The second-order valence-electron chi connectivity index (χ2n) is 4.40. The van der Waals surface area contributed by atoms with Crippen molar-refractivity contribution in [2.75, 3.05) is 13.1 Å². The SMILES string of the molecule is CCN(CC)C(C)(CC1CC1)C(=O)O. The molecule has 0 heterocycles. The van der Waals surface area contributed by atoms with Gasteiger partial charge in [-0.1, -0.05) is 26.7 Å². The zero-order valence-corrected chi connectivity index (χ0v) is 9.42. The summed E-state index contributed by atoms with van der Waals surface area (Å²) in [5.74, 6) is -0.0233. The van der Waals surface area contributed by atoms with E-state index in [4.69, 9.17) is 0 Å². The number of hydrogen-bond acceptors (Lipinski definition) is 2. The van der Waals surface area contributed by atoms with Gasteiger partial charge in [-0.25, -0.2) is 0 Å². The molecule has 1 unspecified atom stereocenters. The Bertz CT molecular complexity index is 209. The van der Waals surface area contributed by atoms with Crippen molar-refractivity contribution in [1.82, 2.24) is 4.90 Å². The first kappa shape index (κ1) is 11.5. The normalized spacial score (nSPS) is 20.9. The van der Waals surface area contributed by atoms with Crippen LogP contribution in [-0.4, -0.2) is 34.6 Å². The standard InChI is InChI=1S/C11H21NO2/c1-4-12(5-2)11(3,10(13)14)8-9-6-7-9/h9H,4-8H2,1-3H3,(H,13,14). The van der Waals surface area contributed by atoms with Gasteiger partial charge >= 0.3 is 5.97 Å². The lowest BCUT2D eigenvalue weighted by atomic mass is 9.92. The van der Waals surface area contributed by atoms with E-state index in [1.165, 1.54) is 12.8 Å². The molecule has 1 aliphatic carbocycles. The Morgan fingerprint density at radius 3 is 2.21 bits per heavy atom. The fourth-order valence-corrected chi connectivity index (χ4v) is 2.16. The van der Waals surface area contributed by atoms with Crippen molar-refractivity contribution in [2.45, 2.75) is 45.6 Å². The van der Waals surface area contributed by atoms with Gasteiger partial charge in [-0.05, 0) is 32.4 Å². The zero-order chi connectivity index (χ0) is 10.8. The molecule has 0 radical (unpaired) electrons. The Morgan fingerprint density at radius 1 is 1.43 bits per heavy atom. The first-order valence-corrected chi connectivity index (χ1v) is 5.53. The monoisotopic (exact) mass is 199 g/mol. The van der Waals surface area contributed by atoms with Crippen molar-refractivity contribution in [2.24, 2.45) is 5.92 Å². The third-order valence-electron chi connectivity index (χ3n) is 3.31. The predicted octanol–water partition coefficient (Wildman–Crippen LogP) is 1.97. The van der Waals surface area contributed by atoms with Gasteiger partial charge in [-0.15, -0.1) is 0 Å². The van der Waals surface area contributed by atoms with Crippen LogP contribution >= 0.6 is 0 Å². The van der Waals surface area contributed by atoms with Crippen LogP contribution in [0, 0.1) is 5.92 Å². The van der Waals surface area contributed by atoms with Gasteiger partial charge in [-0.3, -0.25) is 9.69 Å². The summed E-state index contributed by atoms with van der Waals surface area (Å²) in [7, 11) is 0. The quantitative estimate of drug-likeness (QED) is 0.711. The maximum atomic E-state index is 11.3. The van der Waals surface area contributed by atoms with Crippen LogP contribution in [0.25, 0.3) is 0 Å². The van der Waals surface area contributed by atoms with Crippen molar-refractivity contribution in [3.8, 4) is 0 Å². The predicted molar refractivity (Wildman–Crippen MR) is 56.3 cm³/mol. The number of carboxylic acids is 1. The van der Waals surface area contributed by atoms with Crippen LogP contribution in [0.4, 0.5) is 0 Å². The van der Waals surface area contributed by atoms with E-state index in [-0.39, 0.29) is 0 Å². The molecule has 0 aliphatic heterocycles. The van der Waals surface area contributed by atoms with Gasteiger partial charge in [0.2, 0.25) is 0 Å². The van der Waals surface area contributed by atoms with Gasteiger partial charge in [0, 0.05) is 0 Å². The number of likely N-dealkylation sites (N-methyl/N-ethyl adjacent to an activating group) is 1. The van der Waals surface area contributed by atoms with Gasteiger partial charge in [0.05, 0.1) is 0 Å². The number of carbonyl (C=O) groups is 1. The minimum Gasteiger partial charge on any atom is -0.480 e. The summed E-state index contributed by atoms with van der Waals surface area (Å²) >= 11 is 0. The van der Waals surface area contributed by atoms with Crippen LogP contribution in [-0.2, 0) is 4.79 Å². The van der Waals surface area contributed by atoms with E-state index in [9.17, 15) is 9.90 Å². The molecule has 0 spiro atoms. The van der Waals surface area contributed by atoms with E-state index in [0.29, 0.717) is 5.92 Å². The molecule has 1 aliphatic rings. The second kappa shape index (κ2) is 4.30. The summed E-state index contributed by atoms with van der Waals surface area (Å²) in [5.41, 5.74) is -0.648. The highest BCUT2D eigenvalue weighted by Gasteiger charge is 2.42. The lowest BCUT2D eigenvalue weighted by Gasteiger charge is -2.36. The lowest BCUT2D eigenvalue weighted by Crippen LogP contribution is -2.52. The Hall–Kier alpha value is -0.570. The smallest absolute Gasteiger partial charge is 0.323 e. The summed E-state index contributed by atoms with van der Waals surface area (Å²) in [4.78, 5) is 13.4. The highest BCUT2D eigenvalue weighted by atomic mass is 16.4. The zero-order valence-electron chi connectivity index (χ0n) is 9.42. The van der Waals surface area contributed by atoms with Crippen LogP contribution in [0.1, 0.15) is 40.0 Å². The molecule has 0 aromatic heterocycles. The second-order valence-corrected chi connectivity index (χ2v) is 4.40. The van der Waals surface area contributed by atoms with Crippen LogP contribution in [0.15, 0.2) is 0 Å². The number of rotatable bonds is 6. The molecule has 1 saturated carbocycles. The van der Waals surface area contributed by atoms with Crippen LogP contribution < -0.4 is 0 Å². The minimum absolute atomic E-state index is 0.648. The number of hydrogen-bond donors (Lipinski definition) is 1. The first-order chi connectivity index (χ1) is 6.54. The molecule has 0 saturated heterocycles. The van der Waals surface area contributed by atoms with Gasteiger partial charge in [0.15, 0.2) is 0 Å².